The number of hydrogen-bond donors (Lipinski definition) is 1. The first-order valence-corrected chi connectivity index (χ1v) is 4.72. The fraction of sp³-hybridized carbons (Fsp3) is 0.778. The van der Waals surface area contributed by atoms with Gasteiger partial charge in [0.05, 0.1) is 12.5 Å². The predicted molar refractivity (Wildman–Crippen MR) is 51.9 cm³/mol. The first kappa shape index (κ1) is 11.1. The van der Waals surface area contributed by atoms with E-state index in [1.165, 1.54) is 0 Å². The average Bonchev–Trinajstić information content (AvgIpc) is 2.61. The van der Waals surface area contributed by atoms with Crippen LogP contribution < -0.4 is 5.73 Å². The van der Waals surface area contributed by atoms with Crippen molar-refractivity contribution in [3.8, 4) is 0 Å². The topological polar surface area (TPSA) is 74.2 Å². The number of hydrogen-bond acceptors (Lipinski definition) is 5. The van der Waals surface area contributed by atoms with Crippen molar-refractivity contribution in [1.29, 1.82) is 0 Å². The number of nitrogens with zero attached hydrogens (tertiary/aromatic N) is 2. The van der Waals surface area contributed by atoms with Crippen LogP contribution in [-0.2, 0) is 11.2 Å². The zero-order chi connectivity index (χ0) is 10.6. The summed E-state index contributed by atoms with van der Waals surface area (Å²) >= 11 is 0. The fourth-order valence-electron chi connectivity index (χ4n) is 0.972. The summed E-state index contributed by atoms with van der Waals surface area (Å²) in [7, 11) is 1.64. The minimum atomic E-state index is 0.0192. The number of aromatic nitrogens is 2. The van der Waals surface area contributed by atoms with Gasteiger partial charge in [-0.2, -0.15) is 4.98 Å². The maximum Gasteiger partial charge on any atom is 0.231 e. The van der Waals surface area contributed by atoms with E-state index in [0.29, 0.717) is 24.7 Å². The molecule has 2 atom stereocenters. The van der Waals surface area contributed by atoms with Crippen LogP contribution in [0.5, 0.6) is 0 Å². The molecular formula is C9H17N3O2. The van der Waals surface area contributed by atoms with Crippen LogP contribution in [0, 0.1) is 0 Å². The van der Waals surface area contributed by atoms with E-state index >= 15 is 0 Å². The smallest absolute Gasteiger partial charge is 0.231 e. The third-order valence-corrected chi connectivity index (χ3v) is 2.19. The molecule has 1 rings (SSSR count). The van der Waals surface area contributed by atoms with Gasteiger partial charge in [0, 0.05) is 19.6 Å². The summed E-state index contributed by atoms with van der Waals surface area (Å²) in [5, 5.41) is 3.84. The van der Waals surface area contributed by atoms with Crippen LogP contribution in [0.25, 0.3) is 0 Å². The van der Waals surface area contributed by atoms with E-state index in [0.717, 1.165) is 0 Å². The van der Waals surface area contributed by atoms with Gasteiger partial charge in [0.2, 0.25) is 5.89 Å². The van der Waals surface area contributed by atoms with Crippen molar-refractivity contribution >= 4 is 0 Å². The molecular weight excluding hydrogens is 182 g/mol. The van der Waals surface area contributed by atoms with E-state index in [2.05, 4.69) is 10.1 Å². The summed E-state index contributed by atoms with van der Waals surface area (Å²) in [6.07, 6.45) is 0.672. The summed E-state index contributed by atoms with van der Waals surface area (Å²) in [4.78, 5) is 4.23. The van der Waals surface area contributed by atoms with Gasteiger partial charge in [-0.3, -0.25) is 0 Å². The number of rotatable bonds is 5. The van der Waals surface area contributed by atoms with E-state index in [1.54, 1.807) is 7.11 Å². The van der Waals surface area contributed by atoms with Gasteiger partial charge in [-0.25, -0.2) is 0 Å². The van der Waals surface area contributed by atoms with Crippen molar-refractivity contribution in [3.63, 3.8) is 0 Å². The molecule has 0 aliphatic carbocycles. The summed E-state index contributed by atoms with van der Waals surface area (Å²) in [5.41, 5.74) is 5.72. The van der Waals surface area contributed by atoms with E-state index in [-0.39, 0.29) is 12.0 Å². The second-order valence-electron chi connectivity index (χ2n) is 3.44. The van der Waals surface area contributed by atoms with Gasteiger partial charge in [0.15, 0.2) is 5.82 Å². The molecule has 0 saturated carbocycles. The largest absolute Gasteiger partial charge is 0.384 e. The van der Waals surface area contributed by atoms with E-state index in [4.69, 9.17) is 15.0 Å². The minimum absolute atomic E-state index is 0.0192. The van der Waals surface area contributed by atoms with E-state index in [1.807, 2.05) is 13.8 Å². The molecule has 2 unspecified atom stereocenters. The molecule has 0 fully saturated rings. The molecule has 5 nitrogen and oxygen atoms in total. The third-order valence-electron chi connectivity index (χ3n) is 2.19. The maximum atomic E-state index is 5.72. The van der Waals surface area contributed by atoms with Crippen molar-refractivity contribution < 1.29 is 9.26 Å². The molecule has 80 valence electrons. The zero-order valence-electron chi connectivity index (χ0n) is 8.86. The molecule has 1 aromatic heterocycles. The van der Waals surface area contributed by atoms with Crippen molar-refractivity contribution in [2.24, 2.45) is 5.73 Å². The Morgan fingerprint density at radius 1 is 1.50 bits per heavy atom. The number of nitrogens with two attached hydrogens (primary N) is 1. The number of methoxy groups -OCH3 is 1. The Hall–Kier alpha value is -0.940. The van der Waals surface area contributed by atoms with Gasteiger partial charge < -0.3 is 15.0 Å². The van der Waals surface area contributed by atoms with Crippen LogP contribution >= 0.6 is 0 Å². The molecule has 5 heteroatoms. The second-order valence-corrected chi connectivity index (χ2v) is 3.44. The molecule has 0 spiro atoms. The summed E-state index contributed by atoms with van der Waals surface area (Å²) in [6.45, 7) is 4.49. The number of ether oxygens (including phenoxy) is 1. The Labute approximate surface area is 83.6 Å². The molecule has 0 radical (unpaired) electrons. The van der Waals surface area contributed by atoms with Gasteiger partial charge in [-0.1, -0.05) is 12.1 Å². The molecule has 2 N–H and O–H groups in total. The third kappa shape index (κ3) is 2.78. The lowest BCUT2D eigenvalue weighted by Gasteiger charge is -2.09. The molecule has 1 aromatic rings. The lowest BCUT2D eigenvalue weighted by atomic mass is 10.1. The quantitative estimate of drug-likeness (QED) is 0.756. The maximum absolute atomic E-state index is 5.72. The lowest BCUT2D eigenvalue weighted by molar-refractivity contribution is 0.199. The van der Waals surface area contributed by atoms with Crippen molar-refractivity contribution in [2.75, 3.05) is 13.7 Å². The Kier molecular flexibility index (Phi) is 4.03. The lowest BCUT2D eigenvalue weighted by Crippen LogP contribution is -2.22. The van der Waals surface area contributed by atoms with Crippen LogP contribution in [0.1, 0.15) is 31.5 Å². The van der Waals surface area contributed by atoms with Crippen molar-refractivity contribution in [2.45, 2.75) is 32.2 Å². The Morgan fingerprint density at radius 3 is 2.79 bits per heavy atom. The standard InChI is InChI=1S/C9H17N3O2/c1-6(7(2)10)9-11-8(12-14-9)4-5-13-3/h6-7H,4-5,10H2,1-3H3. The molecule has 14 heavy (non-hydrogen) atoms. The zero-order valence-corrected chi connectivity index (χ0v) is 8.86. The SMILES string of the molecule is COCCc1noc(C(C)C(C)N)n1. The second kappa shape index (κ2) is 5.07. The monoisotopic (exact) mass is 199 g/mol. The van der Waals surface area contributed by atoms with Gasteiger partial charge in [-0.15, -0.1) is 0 Å². The van der Waals surface area contributed by atoms with Gasteiger partial charge in [-0.05, 0) is 6.92 Å². The highest BCUT2D eigenvalue weighted by Gasteiger charge is 2.17. The Bertz CT molecular complexity index is 273. The highest BCUT2D eigenvalue weighted by atomic mass is 16.5. The Balaban J connectivity index is 2.58. The molecule has 0 aliphatic rings. The van der Waals surface area contributed by atoms with Crippen LogP contribution in [0.4, 0.5) is 0 Å². The van der Waals surface area contributed by atoms with E-state index in [9.17, 15) is 0 Å². The van der Waals surface area contributed by atoms with Gasteiger partial charge in [0.1, 0.15) is 0 Å². The average molecular weight is 199 g/mol. The normalized spacial score (nSPS) is 15.4. The van der Waals surface area contributed by atoms with Gasteiger partial charge in [0.25, 0.3) is 0 Å². The molecule has 0 amide bonds. The summed E-state index contributed by atoms with van der Waals surface area (Å²) in [6, 6.07) is 0.0192. The summed E-state index contributed by atoms with van der Waals surface area (Å²) < 4.78 is 10.0. The Morgan fingerprint density at radius 2 is 2.21 bits per heavy atom. The molecule has 0 aliphatic heterocycles. The van der Waals surface area contributed by atoms with Crippen molar-refractivity contribution in [3.05, 3.63) is 11.7 Å². The van der Waals surface area contributed by atoms with Crippen LogP contribution in [0.3, 0.4) is 0 Å². The summed E-state index contributed by atoms with van der Waals surface area (Å²) in [5.74, 6) is 1.37. The van der Waals surface area contributed by atoms with Crippen molar-refractivity contribution in [1.82, 2.24) is 10.1 Å². The molecule has 0 bridgehead atoms. The predicted octanol–water partition coefficient (Wildman–Crippen LogP) is 0.709. The highest BCUT2D eigenvalue weighted by Crippen LogP contribution is 2.15. The fourth-order valence-corrected chi connectivity index (χ4v) is 0.972. The van der Waals surface area contributed by atoms with E-state index < -0.39 is 0 Å². The van der Waals surface area contributed by atoms with Crippen LogP contribution in [0.2, 0.25) is 0 Å². The first-order valence-electron chi connectivity index (χ1n) is 4.72. The minimum Gasteiger partial charge on any atom is -0.384 e. The molecule has 0 aromatic carbocycles. The van der Waals surface area contributed by atoms with Gasteiger partial charge >= 0.3 is 0 Å². The molecule has 1 heterocycles. The highest BCUT2D eigenvalue weighted by molar-refractivity contribution is 4.95. The first-order chi connectivity index (χ1) is 6.65. The molecule has 0 saturated heterocycles. The van der Waals surface area contributed by atoms with Crippen LogP contribution in [-0.4, -0.2) is 29.9 Å². The van der Waals surface area contributed by atoms with Crippen LogP contribution in [0.15, 0.2) is 4.52 Å².